The molecule has 2 rings (SSSR count). The molecule has 0 saturated heterocycles. The smallest absolute Gasteiger partial charge is 0.173 e. The van der Waals surface area contributed by atoms with Gasteiger partial charge in [0, 0.05) is 6.04 Å². The van der Waals surface area contributed by atoms with Crippen molar-refractivity contribution in [2.45, 2.75) is 12.5 Å². The third kappa shape index (κ3) is 3.00. The average Bonchev–Trinajstić information content (AvgIpc) is 2.41. The number of benzene rings is 2. The number of hydrogen-bond acceptors (Lipinski definition) is 1. The van der Waals surface area contributed by atoms with E-state index in [1.165, 1.54) is 18.2 Å². The summed E-state index contributed by atoms with van der Waals surface area (Å²) in [7, 11) is 0. The van der Waals surface area contributed by atoms with Crippen molar-refractivity contribution in [1.82, 2.24) is 0 Å². The van der Waals surface area contributed by atoms with Crippen LogP contribution in [0.15, 0.2) is 34.8 Å². The van der Waals surface area contributed by atoms with Crippen LogP contribution in [0, 0.1) is 17.5 Å². The van der Waals surface area contributed by atoms with Gasteiger partial charge in [0.1, 0.15) is 5.82 Å². The van der Waals surface area contributed by atoms with Crippen LogP contribution < -0.4 is 5.73 Å². The monoisotopic (exact) mass is 363 g/mol. The molecular weight excluding hydrogens is 355 g/mol. The molecule has 0 aliphatic rings. The molecule has 2 N–H and O–H groups in total. The Hall–Kier alpha value is -1.04. The zero-order valence-electron chi connectivity index (χ0n) is 10.1. The maximum atomic E-state index is 13.5. The largest absolute Gasteiger partial charge is 0.324 e. The van der Waals surface area contributed by atoms with Gasteiger partial charge in [-0.3, -0.25) is 0 Å². The minimum absolute atomic E-state index is 0.0124. The van der Waals surface area contributed by atoms with Crippen molar-refractivity contribution in [3.8, 4) is 0 Å². The molecular formula is C14H10BrClF3N. The number of hydrogen-bond donors (Lipinski definition) is 1. The van der Waals surface area contributed by atoms with Crippen molar-refractivity contribution in [2.75, 3.05) is 0 Å². The van der Waals surface area contributed by atoms with Gasteiger partial charge in [-0.05, 0) is 45.6 Å². The maximum absolute atomic E-state index is 13.5. The minimum Gasteiger partial charge on any atom is -0.324 e. The lowest BCUT2D eigenvalue weighted by atomic mass is 9.99. The lowest BCUT2D eigenvalue weighted by Gasteiger charge is -2.15. The van der Waals surface area contributed by atoms with Crippen LogP contribution in [0.1, 0.15) is 17.2 Å². The summed E-state index contributed by atoms with van der Waals surface area (Å²) in [6.45, 7) is 0. The highest BCUT2D eigenvalue weighted by molar-refractivity contribution is 9.10. The first kappa shape index (κ1) is 15.4. The van der Waals surface area contributed by atoms with E-state index in [-0.39, 0.29) is 15.9 Å². The normalized spacial score (nSPS) is 12.5. The van der Waals surface area contributed by atoms with E-state index in [0.29, 0.717) is 11.1 Å². The van der Waals surface area contributed by atoms with Crippen LogP contribution in [0.25, 0.3) is 0 Å². The van der Waals surface area contributed by atoms with Gasteiger partial charge in [-0.1, -0.05) is 29.8 Å². The number of rotatable bonds is 3. The highest BCUT2D eigenvalue weighted by Crippen LogP contribution is 2.30. The Morgan fingerprint density at radius 3 is 2.50 bits per heavy atom. The summed E-state index contributed by atoms with van der Waals surface area (Å²) >= 11 is 8.82. The van der Waals surface area contributed by atoms with Crippen LogP contribution in [0.3, 0.4) is 0 Å². The molecule has 2 aromatic rings. The van der Waals surface area contributed by atoms with Gasteiger partial charge in [-0.15, -0.1) is 0 Å². The Morgan fingerprint density at radius 2 is 1.80 bits per heavy atom. The Balaban J connectivity index is 2.31. The topological polar surface area (TPSA) is 26.0 Å². The predicted octanol–water partition coefficient (Wildman–Crippen LogP) is 4.76. The summed E-state index contributed by atoms with van der Waals surface area (Å²) in [5.74, 6) is -2.50. The van der Waals surface area contributed by atoms with Gasteiger partial charge >= 0.3 is 0 Å². The van der Waals surface area contributed by atoms with Gasteiger partial charge in [-0.25, -0.2) is 13.2 Å². The minimum atomic E-state index is -0.997. The summed E-state index contributed by atoms with van der Waals surface area (Å²) in [6, 6.07) is 6.15. The molecule has 1 nitrogen and oxygen atoms in total. The van der Waals surface area contributed by atoms with Crippen LogP contribution in [0.2, 0.25) is 5.02 Å². The third-order valence-corrected chi connectivity index (χ3v) is 4.17. The average molecular weight is 365 g/mol. The fourth-order valence-electron chi connectivity index (χ4n) is 1.88. The molecule has 1 atom stereocenters. The first-order chi connectivity index (χ1) is 9.41. The summed E-state index contributed by atoms with van der Waals surface area (Å²) in [5.41, 5.74) is 6.87. The van der Waals surface area contributed by atoms with Crippen LogP contribution in [0.5, 0.6) is 0 Å². The Labute approximate surface area is 127 Å². The van der Waals surface area contributed by atoms with Crippen LogP contribution >= 0.6 is 27.5 Å². The molecule has 0 saturated carbocycles. The van der Waals surface area contributed by atoms with Crippen LogP contribution in [-0.4, -0.2) is 0 Å². The molecule has 2 aromatic carbocycles. The van der Waals surface area contributed by atoms with Crippen molar-refractivity contribution in [3.05, 3.63) is 68.4 Å². The van der Waals surface area contributed by atoms with Gasteiger partial charge in [-0.2, -0.15) is 0 Å². The van der Waals surface area contributed by atoms with E-state index in [1.54, 1.807) is 6.07 Å². The molecule has 0 spiro atoms. The summed E-state index contributed by atoms with van der Waals surface area (Å²) in [5, 5.41) is -0.0124. The zero-order valence-corrected chi connectivity index (χ0v) is 12.5. The first-order valence-corrected chi connectivity index (χ1v) is 6.90. The van der Waals surface area contributed by atoms with Crippen molar-refractivity contribution >= 4 is 27.5 Å². The molecule has 20 heavy (non-hydrogen) atoms. The van der Waals surface area contributed by atoms with Crippen LogP contribution in [0.4, 0.5) is 13.2 Å². The second kappa shape index (κ2) is 6.16. The zero-order chi connectivity index (χ0) is 14.9. The molecule has 0 aliphatic heterocycles. The van der Waals surface area contributed by atoms with E-state index in [1.807, 2.05) is 0 Å². The van der Waals surface area contributed by atoms with Crippen molar-refractivity contribution in [3.63, 3.8) is 0 Å². The lowest BCUT2D eigenvalue weighted by Crippen LogP contribution is -2.15. The van der Waals surface area contributed by atoms with Crippen molar-refractivity contribution in [2.24, 2.45) is 5.73 Å². The number of nitrogens with two attached hydrogens (primary N) is 1. The van der Waals surface area contributed by atoms with Gasteiger partial charge < -0.3 is 5.73 Å². The number of halogens is 5. The third-order valence-electron chi connectivity index (χ3n) is 2.94. The van der Waals surface area contributed by atoms with E-state index >= 15 is 0 Å². The Morgan fingerprint density at radius 1 is 1.10 bits per heavy atom. The highest BCUT2D eigenvalue weighted by Gasteiger charge is 2.18. The van der Waals surface area contributed by atoms with E-state index in [9.17, 15) is 13.2 Å². The maximum Gasteiger partial charge on any atom is 0.173 e. The summed E-state index contributed by atoms with van der Waals surface area (Å²) < 4.78 is 39.8. The molecule has 0 fully saturated rings. The first-order valence-electron chi connectivity index (χ1n) is 5.73. The fraction of sp³-hybridized carbons (Fsp3) is 0.143. The van der Waals surface area contributed by atoms with E-state index in [2.05, 4.69) is 15.9 Å². The van der Waals surface area contributed by atoms with Crippen LogP contribution in [-0.2, 0) is 6.42 Å². The highest BCUT2D eigenvalue weighted by atomic mass is 79.9. The molecule has 0 amide bonds. The second-order valence-corrected chi connectivity index (χ2v) is 5.46. The Kier molecular flexibility index (Phi) is 4.73. The molecule has 106 valence electrons. The van der Waals surface area contributed by atoms with Gasteiger partial charge in [0.05, 0.1) is 9.50 Å². The van der Waals surface area contributed by atoms with Gasteiger partial charge in [0.2, 0.25) is 0 Å². The molecule has 0 radical (unpaired) electrons. The molecule has 0 bridgehead atoms. The molecule has 0 heterocycles. The van der Waals surface area contributed by atoms with Crippen molar-refractivity contribution in [1.29, 1.82) is 0 Å². The fourth-order valence-corrected chi connectivity index (χ4v) is 2.70. The van der Waals surface area contributed by atoms with E-state index in [4.69, 9.17) is 17.3 Å². The summed E-state index contributed by atoms with van der Waals surface area (Å²) in [4.78, 5) is 0. The SMILES string of the molecule is NC(Cc1cccc(F)c1Cl)c1ccc(F)c(F)c1Br. The van der Waals surface area contributed by atoms with Gasteiger partial charge in [0.15, 0.2) is 11.6 Å². The Bertz CT molecular complexity index is 649. The van der Waals surface area contributed by atoms with E-state index < -0.39 is 23.5 Å². The lowest BCUT2D eigenvalue weighted by molar-refractivity contribution is 0.500. The second-order valence-electron chi connectivity index (χ2n) is 4.29. The molecule has 0 aliphatic carbocycles. The predicted molar refractivity (Wildman–Crippen MR) is 76.1 cm³/mol. The van der Waals surface area contributed by atoms with Gasteiger partial charge in [0.25, 0.3) is 0 Å². The standard InChI is InChI=1S/C14H10BrClF3N/c15-12-8(4-5-10(18)14(12)19)11(20)6-7-2-1-3-9(17)13(7)16/h1-5,11H,6,20H2. The summed E-state index contributed by atoms with van der Waals surface area (Å²) in [6.07, 6.45) is 0.209. The molecule has 1 unspecified atom stereocenters. The van der Waals surface area contributed by atoms with Crippen molar-refractivity contribution < 1.29 is 13.2 Å². The quantitative estimate of drug-likeness (QED) is 0.781. The molecule has 6 heteroatoms. The van der Waals surface area contributed by atoms with E-state index in [0.717, 1.165) is 6.07 Å². The molecule has 0 aromatic heterocycles.